The van der Waals surface area contributed by atoms with Gasteiger partial charge in [0.1, 0.15) is 17.1 Å². The molecule has 1 aliphatic heterocycles. The van der Waals surface area contributed by atoms with Gasteiger partial charge in [-0.05, 0) is 49.7 Å². The van der Waals surface area contributed by atoms with E-state index >= 15 is 0 Å². The Labute approximate surface area is 256 Å². The number of aromatic amines is 1. The van der Waals surface area contributed by atoms with E-state index < -0.39 is 23.5 Å². The van der Waals surface area contributed by atoms with E-state index in [1.807, 2.05) is 12.1 Å². The van der Waals surface area contributed by atoms with Crippen LogP contribution in [0.15, 0.2) is 65.5 Å². The van der Waals surface area contributed by atoms with Gasteiger partial charge >= 0.3 is 12.1 Å². The van der Waals surface area contributed by atoms with Crippen LogP contribution in [0.5, 0.6) is 11.6 Å². The summed E-state index contributed by atoms with van der Waals surface area (Å²) in [5.41, 5.74) is 1.26. The number of oxazole rings is 1. The predicted molar refractivity (Wildman–Crippen MR) is 160 cm³/mol. The maximum Gasteiger partial charge on any atom is 0.419 e. The lowest BCUT2D eigenvalue weighted by Crippen LogP contribution is -2.48. The van der Waals surface area contributed by atoms with Gasteiger partial charge in [-0.25, -0.2) is 14.8 Å². The second-order valence-electron chi connectivity index (χ2n) is 11.1. The Hall–Kier alpha value is -4.75. The van der Waals surface area contributed by atoms with Crippen LogP contribution in [0.3, 0.4) is 0 Å². The van der Waals surface area contributed by atoms with Gasteiger partial charge in [0.05, 0.1) is 37.1 Å². The number of carbonyl (C=O) groups excluding carboxylic acids is 1. The number of ether oxygens (including phenoxy) is 2. The molecule has 0 aliphatic carbocycles. The molecule has 0 unspecified atom stereocenters. The third-order valence-electron chi connectivity index (χ3n) is 7.85. The molecule has 0 saturated carbocycles. The number of hydrogen-bond acceptors (Lipinski definition) is 9. The lowest BCUT2D eigenvalue weighted by molar-refractivity contribution is -0.138. The first kappa shape index (κ1) is 30.3. The standard InChI is InChI=1S/C32H31F3N6O4/c1-19(2)41-10-8-40(9-11-41)18-22-16-37-30(44-22)23-12-20(14-27-25(23)17-38-39-27)21-13-24(29(43-3)36-15-21)31(42)45-28-7-5-4-6-26(28)32(33,34)35/h4-7,12-17,19H,8-11,18H2,1-3H3,(H,38,39). The number of fused-ring (bicyclic) bond motifs is 1. The van der Waals surface area contributed by atoms with Gasteiger partial charge in [-0.1, -0.05) is 12.1 Å². The van der Waals surface area contributed by atoms with E-state index in [1.165, 1.54) is 31.5 Å². The monoisotopic (exact) mass is 620 g/mol. The van der Waals surface area contributed by atoms with Crippen molar-refractivity contribution < 1.29 is 31.9 Å². The van der Waals surface area contributed by atoms with Crippen LogP contribution in [-0.4, -0.2) is 75.3 Å². The Bertz CT molecular complexity index is 1830. The third-order valence-corrected chi connectivity index (χ3v) is 7.85. The molecular formula is C32H31F3N6O4. The number of aromatic nitrogens is 4. The van der Waals surface area contributed by atoms with Crippen LogP contribution >= 0.6 is 0 Å². The van der Waals surface area contributed by atoms with Crippen molar-refractivity contribution in [2.24, 2.45) is 0 Å². The van der Waals surface area contributed by atoms with Crippen molar-refractivity contribution in [1.29, 1.82) is 0 Å². The number of H-pyrrole nitrogens is 1. The number of alkyl halides is 3. The fourth-order valence-corrected chi connectivity index (χ4v) is 5.42. The van der Waals surface area contributed by atoms with Crippen LogP contribution < -0.4 is 9.47 Å². The highest BCUT2D eigenvalue weighted by atomic mass is 19.4. The van der Waals surface area contributed by atoms with Gasteiger partial charge in [0.15, 0.2) is 0 Å². The molecule has 0 amide bonds. The number of piperazine rings is 1. The van der Waals surface area contributed by atoms with Gasteiger partial charge in [0, 0.05) is 54.9 Å². The Morgan fingerprint density at radius 2 is 1.80 bits per heavy atom. The normalized spacial score (nSPS) is 14.7. The molecule has 0 atom stereocenters. The Balaban J connectivity index is 1.29. The van der Waals surface area contributed by atoms with Crippen molar-refractivity contribution in [3.05, 3.63) is 77.9 Å². The summed E-state index contributed by atoms with van der Waals surface area (Å²) in [6.07, 6.45) is 0.193. The Morgan fingerprint density at radius 1 is 1.02 bits per heavy atom. The fraction of sp³-hybridized carbons (Fsp3) is 0.312. The number of benzene rings is 2. The van der Waals surface area contributed by atoms with E-state index in [4.69, 9.17) is 13.9 Å². The average Bonchev–Trinajstić information content (AvgIpc) is 3.70. The summed E-state index contributed by atoms with van der Waals surface area (Å²) in [7, 11) is 1.31. The molecule has 3 aromatic heterocycles. The van der Waals surface area contributed by atoms with Crippen molar-refractivity contribution in [2.45, 2.75) is 32.6 Å². The van der Waals surface area contributed by atoms with E-state index in [2.05, 4.69) is 43.8 Å². The molecule has 0 radical (unpaired) electrons. The Morgan fingerprint density at radius 3 is 2.53 bits per heavy atom. The number of nitrogens with zero attached hydrogens (tertiary/aromatic N) is 5. The number of esters is 1. The first-order valence-corrected chi connectivity index (χ1v) is 14.4. The molecule has 4 heterocycles. The molecule has 2 aromatic carbocycles. The van der Waals surface area contributed by atoms with Gasteiger partial charge in [-0.3, -0.25) is 14.9 Å². The molecule has 0 bridgehead atoms. The summed E-state index contributed by atoms with van der Waals surface area (Å²) in [5.74, 6) is -0.621. The highest BCUT2D eigenvalue weighted by molar-refractivity contribution is 5.98. The molecule has 6 rings (SSSR count). The molecule has 0 spiro atoms. The van der Waals surface area contributed by atoms with Crippen molar-refractivity contribution in [3.8, 4) is 34.2 Å². The third kappa shape index (κ3) is 6.40. The highest BCUT2D eigenvalue weighted by Crippen LogP contribution is 2.37. The van der Waals surface area contributed by atoms with Crippen molar-refractivity contribution >= 4 is 16.9 Å². The predicted octanol–water partition coefficient (Wildman–Crippen LogP) is 6.05. The summed E-state index contributed by atoms with van der Waals surface area (Å²) in [6, 6.07) is 10.1. The molecule has 1 N–H and O–H groups in total. The largest absolute Gasteiger partial charge is 0.480 e. The van der Waals surface area contributed by atoms with Crippen molar-refractivity contribution in [2.75, 3.05) is 33.3 Å². The smallest absolute Gasteiger partial charge is 0.419 e. The SMILES string of the molecule is COc1ncc(-c2cc(-c3ncc(CN4CCN(C(C)C)CC4)o3)c3cn[nH]c3c2)cc1C(=O)Oc1ccccc1C(F)(F)F. The van der Waals surface area contributed by atoms with Crippen LogP contribution in [0.4, 0.5) is 13.2 Å². The van der Waals surface area contributed by atoms with Crippen LogP contribution in [0, 0.1) is 0 Å². The molecule has 1 aliphatic rings. The number of para-hydroxylation sites is 1. The minimum Gasteiger partial charge on any atom is -0.480 e. The maximum atomic E-state index is 13.5. The first-order chi connectivity index (χ1) is 21.6. The minimum atomic E-state index is -4.71. The molecule has 5 aromatic rings. The maximum absolute atomic E-state index is 13.5. The van der Waals surface area contributed by atoms with E-state index in [9.17, 15) is 18.0 Å². The van der Waals surface area contributed by atoms with E-state index in [-0.39, 0.29) is 11.4 Å². The van der Waals surface area contributed by atoms with E-state index in [0.717, 1.165) is 49.5 Å². The second-order valence-corrected chi connectivity index (χ2v) is 11.1. The van der Waals surface area contributed by atoms with Gasteiger partial charge in [0.25, 0.3) is 0 Å². The molecule has 13 heteroatoms. The van der Waals surface area contributed by atoms with Crippen molar-refractivity contribution in [1.82, 2.24) is 30.0 Å². The molecule has 45 heavy (non-hydrogen) atoms. The molecule has 10 nitrogen and oxygen atoms in total. The zero-order chi connectivity index (χ0) is 31.7. The minimum absolute atomic E-state index is 0.0948. The quantitative estimate of drug-likeness (QED) is 0.164. The van der Waals surface area contributed by atoms with Crippen LogP contribution in [-0.2, 0) is 12.7 Å². The zero-order valence-corrected chi connectivity index (χ0v) is 24.9. The first-order valence-electron chi connectivity index (χ1n) is 14.4. The topological polar surface area (TPSA) is 110 Å². The van der Waals surface area contributed by atoms with Gasteiger partial charge in [0.2, 0.25) is 11.8 Å². The number of rotatable bonds is 8. The number of nitrogens with one attached hydrogen (secondary N) is 1. The van der Waals surface area contributed by atoms with Gasteiger partial charge in [-0.2, -0.15) is 18.3 Å². The lowest BCUT2D eigenvalue weighted by Gasteiger charge is -2.36. The highest BCUT2D eigenvalue weighted by Gasteiger charge is 2.35. The van der Waals surface area contributed by atoms with E-state index in [0.29, 0.717) is 40.7 Å². The molecule has 1 saturated heterocycles. The number of hydrogen-bond donors (Lipinski definition) is 1. The summed E-state index contributed by atoms with van der Waals surface area (Å²) in [6.45, 7) is 8.91. The van der Waals surface area contributed by atoms with Crippen LogP contribution in [0.1, 0.15) is 35.5 Å². The number of pyridine rings is 1. The summed E-state index contributed by atoms with van der Waals surface area (Å²) < 4.78 is 57.2. The summed E-state index contributed by atoms with van der Waals surface area (Å²) in [5, 5.41) is 7.93. The van der Waals surface area contributed by atoms with Crippen LogP contribution in [0.25, 0.3) is 33.5 Å². The number of methoxy groups -OCH3 is 1. The zero-order valence-electron chi connectivity index (χ0n) is 24.9. The van der Waals surface area contributed by atoms with Gasteiger partial charge < -0.3 is 13.9 Å². The molecular weight excluding hydrogens is 589 g/mol. The van der Waals surface area contributed by atoms with Gasteiger partial charge in [-0.15, -0.1) is 0 Å². The number of carbonyl (C=O) groups is 1. The fourth-order valence-electron chi connectivity index (χ4n) is 5.42. The molecule has 234 valence electrons. The summed E-state index contributed by atoms with van der Waals surface area (Å²) >= 11 is 0. The second kappa shape index (κ2) is 12.3. The average molecular weight is 621 g/mol. The summed E-state index contributed by atoms with van der Waals surface area (Å²) in [4.78, 5) is 26.8. The van der Waals surface area contributed by atoms with Crippen LogP contribution in [0.2, 0.25) is 0 Å². The number of halogens is 3. The molecule has 1 fully saturated rings. The lowest BCUT2D eigenvalue weighted by atomic mass is 10.00. The van der Waals surface area contributed by atoms with E-state index in [1.54, 1.807) is 12.4 Å². The Kier molecular flexibility index (Phi) is 8.30. The van der Waals surface area contributed by atoms with Crippen molar-refractivity contribution in [3.63, 3.8) is 0 Å².